The molecule has 0 aliphatic heterocycles. The van der Waals surface area contributed by atoms with Crippen molar-refractivity contribution in [2.45, 2.75) is 17.9 Å². The molecule has 2 amide bonds. The van der Waals surface area contributed by atoms with Crippen LogP contribution < -0.4 is 10.6 Å². The van der Waals surface area contributed by atoms with Gasteiger partial charge in [-0.25, -0.2) is 8.42 Å². The van der Waals surface area contributed by atoms with Crippen LogP contribution in [0.4, 0.5) is 5.69 Å². The van der Waals surface area contributed by atoms with Crippen LogP contribution in [0.2, 0.25) is 0 Å². The van der Waals surface area contributed by atoms with E-state index in [1.165, 1.54) is 12.1 Å². The lowest BCUT2D eigenvalue weighted by molar-refractivity contribution is -0.120. The third-order valence-electron chi connectivity index (χ3n) is 5.07. The van der Waals surface area contributed by atoms with Gasteiger partial charge in [-0.3, -0.25) is 9.59 Å². The number of rotatable bonds is 7. The molecule has 8 heteroatoms. The number of sulfone groups is 1. The lowest BCUT2D eigenvalue weighted by atomic mass is 10.1. The molecule has 1 heterocycles. The zero-order valence-corrected chi connectivity index (χ0v) is 18.7. The number of para-hydroxylation sites is 1. The first kappa shape index (κ1) is 22.3. The van der Waals surface area contributed by atoms with Crippen molar-refractivity contribution in [3.05, 3.63) is 95.7 Å². The number of hydrogen-bond donors (Lipinski definition) is 2. The monoisotopic (exact) mass is 462 g/mol. The summed E-state index contributed by atoms with van der Waals surface area (Å²) in [5.74, 6) is -0.288. The van der Waals surface area contributed by atoms with Crippen molar-refractivity contribution in [3.8, 4) is 0 Å². The summed E-state index contributed by atoms with van der Waals surface area (Å²) < 4.78 is 28.6. The Morgan fingerprint density at radius 3 is 2.21 bits per heavy atom. The highest BCUT2D eigenvalue weighted by atomic mass is 32.2. The molecule has 4 rings (SSSR count). The van der Waals surface area contributed by atoms with Crippen LogP contribution in [0.1, 0.15) is 21.7 Å². The van der Waals surface area contributed by atoms with Gasteiger partial charge in [-0.15, -0.1) is 0 Å². The van der Waals surface area contributed by atoms with Crippen molar-refractivity contribution in [1.29, 1.82) is 0 Å². The van der Waals surface area contributed by atoms with E-state index in [-0.39, 0.29) is 28.9 Å². The molecular formula is C25H22N2O5S. The van der Waals surface area contributed by atoms with Gasteiger partial charge in [0, 0.05) is 23.9 Å². The predicted molar refractivity (Wildman–Crippen MR) is 126 cm³/mol. The second-order valence-electron chi connectivity index (χ2n) is 7.67. The number of carbonyl (C=O) groups is 2. The molecule has 1 aromatic heterocycles. The molecule has 7 nitrogen and oxygen atoms in total. The molecule has 2 N–H and O–H groups in total. The number of fused-ring (bicyclic) bond motifs is 1. The Labute approximate surface area is 191 Å². The highest BCUT2D eigenvalue weighted by molar-refractivity contribution is 7.90. The van der Waals surface area contributed by atoms with E-state index in [9.17, 15) is 18.0 Å². The van der Waals surface area contributed by atoms with E-state index in [1.54, 1.807) is 48.5 Å². The summed E-state index contributed by atoms with van der Waals surface area (Å²) >= 11 is 0. The fourth-order valence-corrected chi connectivity index (χ4v) is 3.93. The zero-order chi connectivity index (χ0) is 23.4. The molecule has 0 unspecified atom stereocenters. The quantitative estimate of drug-likeness (QED) is 0.433. The van der Waals surface area contributed by atoms with Crippen LogP contribution in [-0.2, 0) is 27.6 Å². The molecule has 0 radical (unpaired) electrons. The van der Waals surface area contributed by atoms with Crippen LogP contribution in [-0.4, -0.2) is 26.5 Å². The van der Waals surface area contributed by atoms with E-state index >= 15 is 0 Å². The molecule has 0 spiro atoms. The maximum absolute atomic E-state index is 12.4. The normalized spacial score (nSPS) is 11.3. The van der Waals surface area contributed by atoms with Crippen LogP contribution in [0.25, 0.3) is 11.0 Å². The Morgan fingerprint density at radius 1 is 0.879 bits per heavy atom. The average Bonchev–Trinajstić information content (AvgIpc) is 3.23. The van der Waals surface area contributed by atoms with Gasteiger partial charge in [-0.05, 0) is 47.5 Å². The minimum atomic E-state index is -3.24. The molecule has 0 atom stereocenters. The molecule has 4 aromatic rings. The van der Waals surface area contributed by atoms with Gasteiger partial charge >= 0.3 is 0 Å². The smallest absolute Gasteiger partial charge is 0.291 e. The van der Waals surface area contributed by atoms with Crippen molar-refractivity contribution in [3.63, 3.8) is 0 Å². The first-order valence-electron chi connectivity index (χ1n) is 10.2. The Balaban J connectivity index is 1.29. The number of hydrogen-bond acceptors (Lipinski definition) is 5. The second kappa shape index (κ2) is 9.30. The number of nitrogens with one attached hydrogen (secondary N) is 2. The van der Waals surface area contributed by atoms with Crippen LogP contribution in [0, 0.1) is 0 Å². The van der Waals surface area contributed by atoms with Crippen LogP contribution in [0.5, 0.6) is 0 Å². The molecule has 0 bridgehead atoms. The number of carbonyl (C=O) groups excluding carboxylic acids is 2. The maximum atomic E-state index is 12.4. The molecule has 0 fully saturated rings. The Kier molecular flexibility index (Phi) is 6.28. The van der Waals surface area contributed by atoms with Gasteiger partial charge in [0.1, 0.15) is 5.58 Å². The van der Waals surface area contributed by atoms with E-state index < -0.39 is 9.84 Å². The van der Waals surface area contributed by atoms with Gasteiger partial charge in [0.25, 0.3) is 5.91 Å². The summed E-state index contributed by atoms with van der Waals surface area (Å²) in [7, 11) is -3.24. The van der Waals surface area contributed by atoms with Crippen molar-refractivity contribution in [2.24, 2.45) is 0 Å². The summed E-state index contributed by atoms with van der Waals surface area (Å²) in [5, 5.41) is 6.46. The average molecular weight is 463 g/mol. The number of anilines is 1. The van der Waals surface area contributed by atoms with E-state index in [4.69, 9.17) is 4.42 Å². The summed E-state index contributed by atoms with van der Waals surface area (Å²) in [6.45, 7) is 0.300. The fraction of sp³-hybridized carbons (Fsp3) is 0.120. The molecule has 168 valence electrons. The second-order valence-corrected chi connectivity index (χ2v) is 9.68. The summed E-state index contributed by atoms with van der Waals surface area (Å²) in [5.41, 5.74) is 2.84. The lowest BCUT2D eigenvalue weighted by Gasteiger charge is -2.08. The van der Waals surface area contributed by atoms with E-state index in [0.717, 1.165) is 22.8 Å². The highest BCUT2D eigenvalue weighted by Gasteiger charge is 2.13. The van der Waals surface area contributed by atoms with Gasteiger partial charge in [-0.1, -0.05) is 42.5 Å². The van der Waals surface area contributed by atoms with E-state index in [0.29, 0.717) is 17.8 Å². The Bertz CT molecular complexity index is 1370. The third-order valence-corrected chi connectivity index (χ3v) is 6.20. The Morgan fingerprint density at radius 2 is 1.55 bits per heavy atom. The minimum Gasteiger partial charge on any atom is -0.451 e. The van der Waals surface area contributed by atoms with Crippen LogP contribution in [0.15, 0.2) is 88.2 Å². The molecule has 33 heavy (non-hydrogen) atoms. The van der Waals surface area contributed by atoms with Crippen molar-refractivity contribution in [2.75, 3.05) is 11.6 Å². The first-order valence-corrected chi connectivity index (χ1v) is 12.1. The topological polar surface area (TPSA) is 105 Å². The van der Waals surface area contributed by atoms with Crippen LogP contribution in [0.3, 0.4) is 0 Å². The molecule has 3 aromatic carbocycles. The minimum absolute atomic E-state index is 0.166. The zero-order valence-electron chi connectivity index (χ0n) is 17.9. The number of amides is 2. The SMILES string of the molecule is CS(=O)(=O)c1ccc(CNC(=O)Cc2ccc(NC(=O)c3cc4ccccc4o3)cc2)cc1. The molecule has 0 aliphatic carbocycles. The molecule has 0 saturated carbocycles. The van der Waals surface area contributed by atoms with Gasteiger partial charge in [-0.2, -0.15) is 0 Å². The summed E-state index contributed by atoms with van der Waals surface area (Å²) in [6, 6.07) is 22.5. The number of furan rings is 1. The standard InChI is InChI=1S/C25H22N2O5S/c1-33(30,31)21-12-8-18(9-13-21)16-26-24(28)14-17-6-10-20(11-7-17)27-25(29)23-15-19-4-2-3-5-22(19)32-23/h2-13,15H,14,16H2,1H3,(H,26,28)(H,27,29). The first-order chi connectivity index (χ1) is 15.8. The lowest BCUT2D eigenvalue weighted by Crippen LogP contribution is -2.24. The molecule has 0 aliphatic rings. The van der Waals surface area contributed by atoms with Gasteiger partial charge in [0.2, 0.25) is 5.91 Å². The largest absolute Gasteiger partial charge is 0.451 e. The van der Waals surface area contributed by atoms with Crippen molar-refractivity contribution >= 4 is 38.3 Å². The van der Waals surface area contributed by atoms with E-state index in [1.807, 2.05) is 18.2 Å². The Hall–Kier alpha value is -3.91. The van der Waals surface area contributed by atoms with Crippen LogP contribution >= 0.6 is 0 Å². The van der Waals surface area contributed by atoms with Crippen molar-refractivity contribution in [1.82, 2.24) is 5.32 Å². The van der Waals surface area contributed by atoms with Gasteiger partial charge in [0.05, 0.1) is 11.3 Å². The van der Waals surface area contributed by atoms with Crippen molar-refractivity contribution < 1.29 is 22.4 Å². The third kappa shape index (κ3) is 5.67. The van der Waals surface area contributed by atoms with Gasteiger partial charge in [0.15, 0.2) is 15.6 Å². The summed E-state index contributed by atoms with van der Waals surface area (Å²) in [6.07, 6.45) is 1.33. The molecular weight excluding hydrogens is 440 g/mol. The van der Waals surface area contributed by atoms with Gasteiger partial charge < -0.3 is 15.1 Å². The van der Waals surface area contributed by atoms with E-state index in [2.05, 4.69) is 10.6 Å². The highest BCUT2D eigenvalue weighted by Crippen LogP contribution is 2.20. The molecule has 0 saturated heterocycles. The maximum Gasteiger partial charge on any atom is 0.291 e. The number of benzene rings is 3. The fourth-order valence-electron chi connectivity index (χ4n) is 3.30. The predicted octanol–water partition coefficient (Wildman–Crippen LogP) is 3.95. The summed E-state index contributed by atoms with van der Waals surface area (Å²) in [4.78, 5) is 24.9.